The van der Waals surface area contributed by atoms with Crippen LogP contribution in [-0.2, 0) is 11.3 Å². The highest BCUT2D eigenvalue weighted by Crippen LogP contribution is 2.31. The number of benzene rings is 1. The van der Waals surface area contributed by atoms with Crippen LogP contribution in [0.3, 0.4) is 0 Å². The molecule has 0 saturated carbocycles. The average molecular weight is 309 g/mol. The molecule has 0 unspecified atom stereocenters. The zero-order valence-electron chi connectivity index (χ0n) is 12.5. The molecular formula is C14H19N3O3S. The van der Waals surface area contributed by atoms with E-state index in [1.165, 1.54) is 0 Å². The van der Waals surface area contributed by atoms with E-state index in [4.69, 9.17) is 21.7 Å². The summed E-state index contributed by atoms with van der Waals surface area (Å²) < 4.78 is 12.8. The van der Waals surface area contributed by atoms with E-state index >= 15 is 0 Å². The lowest BCUT2D eigenvalue weighted by Gasteiger charge is -2.11. The van der Waals surface area contributed by atoms with Gasteiger partial charge in [0.2, 0.25) is 5.91 Å². The smallest absolute Gasteiger partial charge is 0.240 e. The predicted molar refractivity (Wildman–Crippen MR) is 83.5 cm³/mol. The number of rotatable bonds is 5. The second-order valence-electron chi connectivity index (χ2n) is 4.96. The Bertz CT molecular complexity index is 718. The van der Waals surface area contributed by atoms with E-state index in [1.54, 1.807) is 24.9 Å². The van der Waals surface area contributed by atoms with E-state index in [1.807, 2.05) is 19.9 Å². The molecule has 1 heterocycles. The number of aromatic nitrogens is 2. The molecule has 6 nitrogen and oxygen atoms in total. The molecule has 21 heavy (non-hydrogen) atoms. The molecule has 0 saturated heterocycles. The normalized spacial score (nSPS) is 10.9. The summed E-state index contributed by atoms with van der Waals surface area (Å²) in [6.07, 6.45) is 0. The molecular weight excluding hydrogens is 290 g/mol. The Kier molecular flexibility index (Phi) is 4.52. The van der Waals surface area contributed by atoms with Gasteiger partial charge in [-0.05, 0) is 26.1 Å². The first-order valence-corrected chi connectivity index (χ1v) is 7.01. The molecule has 0 aliphatic rings. The molecule has 7 heteroatoms. The van der Waals surface area contributed by atoms with Crippen LogP contribution in [0.1, 0.15) is 13.8 Å². The monoisotopic (exact) mass is 309 g/mol. The second-order valence-corrected chi connectivity index (χ2v) is 5.35. The summed E-state index contributed by atoms with van der Waals surface area (Å²) in [5.74, 6) is 1.12. The van der Waals surface area contributed by atoms with Crippen molar-refractivity contribution in [2.45, 2.75) is 26.4 Å². The van der Waals surface area contributed by atoms with Gasteiger partial charge in [-0.25, -0.2) is 0 Å². The van der Waals surface area contributed by atoms with E-state index in [0.717, 1.165) is 11.0 Å². The standard InChI is InChI=1S/C14H19N3O3S/c1-8(2)15-13(18)7-17-10-6-12(20-4)11(19-3)5-9(10)16-14(17)21/h5-6,8H,7H2,1-4H3,(H,15,18)(H,16,21). The van der Waals surface area contributed by atoms with Crippen LogP contribution in [0.4, 0.5) is 0 Å². The fourth-order valence-corrected chi connectivity index (χ4v) is 2.42. The van der Waals surface area contributed by atoms with Gasteiger partial charge in [0.05, 0.1) is 25.3 Å². The third kappa shape index (κ3) is 3.18. The molecule has 2 N–H and O–H groups in total. The predicted octanol–water partition coefficient (Wildman–Crippen LogP) is 2.24. The number of H-pyrrole nitrogens is 1. The van der Waals surface area contributed by atoms with Gasteiger partial charge >= 0.3 is 0 Å². The topological polar surface area (TPSA) is 68.3 Å². The Morgan fingerprint density at radius 1 is 1.33 bits per heavy atom. The van der Waals surface area contributed by atoms with Gasteiger partial charge in [0, 0.05) is 18.2 Å². The molecule has 114 valence electrons. The molecule has 0 atom stereocenters. The highest BCUT2D eigenvalue weighted by Gasteiger charge is 2.13. The van der Waals surface area contributed by atoms with Gasteiger partial charge in [0.1, 0.15) is 6.54 Å². The van der Waals surface area contributed by atoms with Crippen LogP contribution < -0.4 is 14.8 Å². The lowest BCUT2D eigenvalue weighted by atomic mass is 10.2. The van der Waals surface area contributed by atoms with Gasteiger partial charge in [0.25, 0.3) is 0 Å². The van der Waals surface area contributed by atoms with Crippen molar-refractivity contribution in [2.24, 2.45) is 0 Å². The van der Waals surface area contributed by atoms with E-state index in [9.17, 15) is 4.79 Å². The van der Waals surface area contributed by atoms with Crippen LogP contribution in [0.5, 0.6) is 11.5 Å². The molecule has 0 radical (unpaired) electrons. The van der Waals surface area contributed by atoms with Crippen LogP contribution in [-0.4, -0.2) is 35.7 Å². The Labute approximate surface area is 128 Å². The third-order valence-corrected chi connectivity index (χ3v) is 3.35. The van der Waals surface area contributed by atoms with Crippen molar-refractivity contribution >= 4 is 29.2 Å². The maximum absolute atomic E-state index is 11.9. The Morgan fingerprint density at radius 3 is 2.52 bits per heavy atom. The van der Waals surface area contributed by atoms with E-state index in [0.29, 0.717) is 16.3 Å². The number of carbonyl (C=O) groups excluding carboxylic acids is 1. The van der Waals surface area contributed by atoms with Gasteiger partial charge in [-0.2, -0.15) is 0 Å². The number of nitrogens with zero attached hydrogens (tertiary/aromatic N) is 1. The number of amides is 1. The molecule has 0 bridgehead atoms. The van der Waals surface area contributed by atoms with Crippen LogP contribution in [0.15, 0.2) is 12.1 Å². The first kappa shape index (κ1) is 15.4. The average Bonchev–Trinajstić information content (AvgIpc) is 2.72. The molecule has 1 amide bonds. The van der Waals surface area contributed by atoms with Crippen molar-refractivity contribution < 1.29 is 14.3 Å². The van der Waals surface area contributed by atoms with Gasteiger partial charge in [0.15, 0.2) is 16.3 Å². The summed E-state index contributed by atoms with van der Waals surface area (Å²) in [5.41, 5.74) is 1.60. The number of hydrogen-bond acceptors (Lipinski definition) is 4. The van der Waals surface area contributed by atoms with Crippen molar-refractivity contribution in [1.29, 1.82) is 0 Å². The van der Waals surface area contributed by atoms with Gasteiger partial charge in [-0.3, -0.25) is 4.79 Å². The summed E-state index contributed by atoms with van der Waals surface area (Å²) in [5, 5.41) is 2.85. The van der Waals surface area contributed by atoms with Crippen LogP contribution in [0.25, 0.3) is 11.0 Å². The van der Waals surface area contributed by atoms with Gasteiger partial charge < -0.3 is 24.3 Å². The summed E-state index contributed by atoms with van der Waals surface area (Å²) in [7, 11) is 3.14. The zero-order chi connectivity index (χ0) is 15.6. The second kappa shape index (κ2) is 6.17. The number of hydrogen-bond donors (Lipinski definition) is 2. The number of nitrogens with one attached hydrogen (secondary N) is 2. The van der Waals surface area contributed by atoms with E-state index in [-0.39, 0.29) is 18.5 Å². The molecule has 0 fully saturated rings. The minimum absolute atomic E-state index is 0.0863. The number of carbonyl (C=O) groups is 1. The van der Waals surface area contributed by atoms with Crippen molar-refractivity contribution in [3.8, 4) is 11.5 Å². The fraction of sp³-hybridized carbons (Fsp3) is 0.429. The first-order chi connectivity index (χ1) is 9.96. The Morgan fingerprint density at radius 2 is 1.95 bits per heavy atom. The third-order valence-electron chi connectivity index (χ3n) is 3.03. The van der Waals surface area contributed by atoms with E-state index in [2.05, 4.69) is 10.3 Å². The highest BCUT2D eigenvalue weighted by molar-refractivity contribution is 7.71. The maximum atomic E-state index is 11.9. The Balaban J connectivity index is 2.46. The van der Waals surface area contributed by atoms with Gasteiger partial charge in [-0.1, -0.05) is 0 Å². The number of ether oxygens (including phenoxy) is 2. The van der Waals surface area contributed by atoms with Crippen LogP contribution in [0.2, 0.25) is 0 Å². The van der Waals surface area contributed by atoms with Gasteiger partial charge in [-0.15, -0.1) is 0 Å². The maximum Gasteiger partial charge on any atom is 0.240 e. The molecule has 2 rings (SSSR count). The minimum Gasteiger partial charge on any atom is -0.493 e. The first-order valence-electron chi connectivity index (χ1n) is 6.60. The number of aromatic amines is 1. The highest BCUT2D eigenvalue weighted by atomic mass is 32.1. The zero-order valence-corrected chi connectivity index (χ0v) is 13.3. The van der Waals surface area contributed by atoms with Crippen molar-refractivity contribution in [2.75, 3.05) is 14.2 Å². The number of imidazole rings is 1. The summed E-state index contributed by atoms with van der Waals surface area (Å²) in [6.45, 7) is 3.99. The Hall–Kier alpha value is -2.02. The lowest BCUT2D eigenvalue weighted by molar-refractivity contribution is -0.122. The molecule has 1 aromatic heterocycles. The molecule has 0 aliphatic carbocycles. The van der Waals surface area contributed by atoms with Crippen molar-refractivity contribution in [3.05, 3.63) is 16.9 Å². The van der Waals surface area contributed by atoms with Crippen molar-refractivity contribution in [3.63, 3.8) is 0 Å². The molecule has 0 aliphatic heterocycles. The van der Waals surface area contributed by atoms with Crippen molar-refractivity contribution in [1.82, 2.24) is 14.9 Å². The quantitative estimate of drug-likeness (QED) is 0.831. The summed E-state index contributed by atoms with van der Waals surface area (Å²) >= 11 is 5.29. The van der Waals surface area contributed by atoms with Crippen LogP contribution in [0, 0.1) is 4.77 Å². The molecule has 0 spiro atoms. The minimum atomic E-state index is -0.0863. The largest absolute Gasteiger partial charge is 0.493 e. The van der Waals surface area contributed by atoms with Crippen LogP contribution >= 0.6 is 12.2 Å². The number of fused-ring (bicyclic) bond motifs is 1. The fourth-order valence-electron chi connectivity index (χ4n) is 2.15. The lowest BCUT2D eigenvalue weighted by Crippen LogP contribution is -2.33. The summed E-state index contributed by atoms with van der Waals surface area (Å²) in [4.78, 5) is 15.0. The molecule has 2 aromatic rings. The van der Waals surface area contributed by atoms with E-state index < -0.39 is 0 Å². The summed E-state index contributed by atoms with van der Waals surface area (Å²) in [6, 6.07) is 3.70. The SMILES string of the molecule is COc1cc2[nH]c(=S)n(CC(=O)NC(C)C)c2cc1OC. The number of methoxy groups -OCH3 is 2. The molecule has 1 aromatic carbocycles.